The Labute approximate surface area is 96.6 Å². The molecule has 0 unspecified atom stereocenters. The van der Waals surface area contributed by atoms with Crippen molar-refractivity contribution in [3.63, 3.8) is 0 Å². The number of ketones is 1. The van der Waals surface area contributed by atoms with E-state index in [4.69, 9.17) is 11.6 Å². The molecule has 0 saturated carbocycles. The Hall–Kier alpha value is -0.0900. The van der Waals surface area contributed by atoms with Crippen LogP contribution in [0, 0.1) is 10.5 Å². The maximum absolute atomic E-state index is 11.1. The van der Waals surface area contributed by atoms with Crippen LogP contribution < -0.4 is 0 Å². The number of halogens is 2. The third kappa shape index (κ3) is 3.27. The van der Waals surface area contributed by atoms with E-state index in [1.54, 1.807) is 0 Å². The van der Waals surface area contributed by atoms with Crippen molar-refractivity contribution in [1.29, 1.82) is 0 Å². The van der Waals surface area contributed by atoms with Gasteiger partial charge in [0, 0.05) is 9.99 Å². The molecule has 0 atom stereocenters. The fraction of sp³-hybridized carbons (Fsp3) is 0.300. The molecule has 3 heteroatoms. The molecule has 13 heavy (non-hydrogen) atoms. The molecule has 0 spiro atoms. The monoisotopic (exact) mass is 308 g/mol. The number of Topliss-reactive ketones (excluding diaryl/α,β-unsaturated/α-hetero) is 1. The Morgan fingerprint density at radius 2 is 2.23 bits per heavy atom. The molecule has 0 aliphatic rings. The van der Waals surface area contributed by atoms with Crippen LogP contribution in [0.25, 0.3) is 0 Å². The molecular formula is C10H10ClIO. The van der Waals surface area contributed by atoms with Crippen molar-refractivity contribution in [3.05, 3.63) is 32.9 Å². The van der Waals surface area contributed by atoms with Crippen LogP contribution >= 0.6 is 34.2 Å². The third-order valence-electron chi connectivity index (χ3n) is 1.75. The Morgan fingerprint density at radius 3 is 2.77 bits per heavy atom. The van der Waals surface area contributed by atoms with Crippen LogP contribution in [-0.2, 0) is 11.2 Å². The van der Waals surface area contributed by atoms with Crippen molar-refractivity contribution in [3.8, 4) is 0 Å². The minimum Gasteiger partial charge on any atom is -0.298 e. The summed E-state index contributed by atoms with van der Waals surface area (Å²) in [6, 6.07) is 6.07. The number of hydrogen-bond acceptors (Lipinski definition) is 1. The number of carbonyl (C=O) groups excluding carboxylic acids is 1. The summed E-state index contributed by atoms with van der Waals surface area (Å²) in [5.41, 5.74) is 2.28. The molecule has 0 aromatic heterocycles. The van der Waals surface area contributed by atoms with Gasteiger partial charge in [0.25, 0.3) is 0 Å². The number of aryl methyl sites for hydroxylation is 1. The van der Waals surface area contributed by atoms with Crippen LogP contribution in [0.15, 0.2) is 18.2 Å². The van der Waals surface area contributed by atoms with Crippen LogP contribution in [0.4, 0.5) is 0 Å². The Balaban J connectivity index is 2.83. The first-order valence-electron chi connectivity index (χ1n) is 3.96. The summed E-state index contributed by atoms with van der Waals surface area (Å²) in [6.45, 7) is 2.04. The van der Waals surface area contributed by atoms with Gasteiger partial charge >= 0.3 is 0 Å². The van der Waals surface area contributed by atoms with E-state index in [0.717, 1.165) is 9.13 Å². The van der Waals surface area contributed by atoms with Gasteiger partial charge in [0.15, 0.2) is 5.78 Å². The smallest absolute Gasteiger partial charge is 0.151 e. The van der Waals surface area contributed by atoms with E-state index in [2.05, 4.69) is 28.7 Å². The van der Waals surface area contributed by atoms with Crippen molar-refractivity contribution < 1.29 is 4.79 Å². The van der Waals surface area contributed by atoms with E-state index >= 15 is 0 Å². The second-order valence-corrected chi connectivity index (χ2v) is 4.37. The standard InChI is InChI=1S/C10H10ClIO/c1-7-2-3-8(10(12)4-7)5-9(13)6-11/h2-4H,5-6H2,1H3. The van der Waals surface area contributed by atoms with Gasteiger partial charge < -0.3 is 0 Å². The predicted molar refractivity (Wildman–Crippen MR) is 63.3 cm³/mol. The zero-order chi connectivity index (χ0) is 9.84. The molecule has 0 bridgehead atoms. The lowest BCUT2D eigenvalue weighted by Crippen LogP contribution is -2.05. The Morgan fingerprint density at radius 1 is 1.54 bits per heavy atom. The summed E-state index contributed by atoms with van der Waals surface area (Å²) in [7, 11) is 0. The van der Waals surface area contributed by atoms with Crippen molar-refractivity contribution in [2.24, 2.45) is 0 Å². The van der Waals surface area contributed by atoms with Gasteiger partial charge in [-0.05, 0) is 41.1 Å². The Kier molecular flexibility index (Phi) is 4.19. The largest absolute Gasteiger partial charge is 0.298 e. The van der Waals surface area contributed by atoms with E-state index < -0.39 is 0 Å². The molecule has 1 rings (SSSR count). The number of rotatable bonds is 3. The minimum atomic E-state index is 0.0726. The highest BCUT2D eigenvalue weighted by Gasteiger charge is 2.05. The molecule has 0 fully saturated rings. The Bertz CT molecular complexity index is 323. The van der Waals surface area contributed by atoms with Crippen LogP contribution in [0.5, 0.6) is 0 Å². The van der Waals surface area contributed by atoms with Gasteiger partial charge in [-0.2, -0.15) is 0 Å². The highest BCUT2D eigenvalue weighted by molar-refractivity contribution is 14.1. The van der Waals surface area contributed by atoms with E-state index in [1.165, 1.54) is 5.56 Å². The predicted octanol–water partition coefficient (Wildman–Crippen LogP) is 2.95. The van der Waals surface area contributed by atoms with Gasteiger partial charge in [-0.15, -0.1) is 11.6 Å². The number of hydrogen-bond donors (Lipinski definition) is 0. The summed E-state index contributed by atoms with van der Waals surface area (Å²) in [5.74, 6) is 0.174. The molecule has 0 aliphatic heterocycles. The van der Waals surface area contributed by atoms with E-state index in [1.807, 2.05) is 19.1 Å². The van der Waals surface area contributed by atoms with Crippen LogP contribution in [0.1, 0.15) is 11.1 Å². The third-order valence-corrected chi connectivity index (χ3v) is 3.05. The molecule has 1 aromatic rings. The summed E-state index contributed by atoms with van der Waals surface area (Å²) in [5, 5.41) is 0. The van der Waals surface area contributed by atoms with E-state index in [-0.39, 0.29) is 11.7 Å². The minimum absolute atomic E-state index is 0.0726. The number of carbonyl (C=O) groups is 1. The van der Waals surface area contributed by atoms with Gasteiger partial charge in [0.2, 0.25) is 0 Å². The van der Waals surface area contributed by atoms with Gasteiger partial charge in [-0.3, -0.25) is 4.79 Å². The number of benzene rings is 1. The summed E-state index contributed by atoms with van der Waals surface area (Å²) in [6.07, 6.45) is 0.446. The first kappa shape index (κ1) is 11.0. The molecule has 0 aliphatic carbocycles. The lowest BCUT2D eigenvalue weighted by atomic mass is 10.1. The van der Waals surface area contributed by atoms with Crippen molar-refractivity contribution in [2.45, 2.75) is 13.3 Å². The topological polar surface area (TPSA) is 17.1 Å². The SMILES string of the molecule is Cc1ccc(CC(=O)CCl)c(I)c1. The molecule has 70 valence electrons. The average Bonchev–Trinajstić information content (AvgIpc) is 2.09. The van der Waals surface area contributed by atoms with Gasteiger partial charge in [0.1, 0.15) is 0 Å². The summed E-state index contributed by atoms with van der Waals surface area (Å²) in [4.78, 5) is 11.1. The normalized spacial score (nSPS) is 10.1. The maximum atomic E-state index is 11.1. The fourth-order valence-electron chi connectivity index (χ4n) is 1.06. The second-order valence-electron chi connectivity index (χ2n) is 2.94. The van der Waals surface area contributed by atoms with Crippen molar-refractivity contribution in [2.75, 3.05) is 5.88 Å². The highest BCUT2D eigenvalue weighted by Crippen LogP contribution is 2.15. The van der Waals surface area contributed by atoms with Crippen LogP contribution in [-0.4, -0.2) is 11.7 Å². The highest BCUT2D eigenvalue weighted by atomic mass is 127. The molecule has 0 heterocycles. The lowest BCUT2D eigenvalue weighted by molar-refractivity contribution is -0.116. The lowest BCUT2D eigenvalue weighted by Gasteiger charge is -2.03. The maximum Gasteiger partial charge on any atom is 0.151 e. The van der Waals surface area contributed by atoms with E-state index in [9.17, 15) is 4.79 Å². The summed E-state index contributed by atoms with van der Waals surface area (Å²) < 4.78 is 1.14. The van der Waals surface area contributed by atoms with Gasteiger partial charge in [-0.25, -0.2) is 0 Å². The summed E-state index contributed by atoms with van der Waals surface area (Å²) >= 11 is 7.67. The molecule has 1 nitrogen and oxygen atoms in total. The zero-order valence-electron chi connectivity index (χ0n) is 7.31. The molecule has 1 aromatic carbocycles. The molecule has 0 amide bonds. The van der Waals surface area contributed by atoms with Crippen LogP contribution in [0.3, 0.4) is 0 Å². The molecule has 0 saturated heterocycles. The average molecular weight is 309 g/mol. The first-order chi connectivity index (χ1) is 6.13. The molecule has 0 N–H and O–H groups in total. The van der Waals surface area contributed by atoms with E-state index in [0.29, 0.717) is 6.42 Å². The zero-order valence-corrected chi connectivity index (χ0v) is 10.2. The number of alkyl halides is 1. The fourth-order valence-corrected chi connectivity index (χ4v) is 2.01. The molecular weight excluding hydrogens is 298 g/mol. The van der Waals surface area contributed by atoms with Crippen LogP contribution in [0.2, 0.25) is 0 Å². The van der Waals surface area contributed by atoms with Crippen molar-refractivity contribution in [1.82, 2.24) is 0 Å². The molecule has 0 radical (unpaired) electrons. The quantitative estimate of drug-likeness (QED) is 0.620. The second kappa shape index (κ2) is 4.96. The van der Waals surface area contributed by atoms with Crippen molar-refractivity contribution >= 4 is 40.0 Å². The first-order valence-corrected chi connectivity index (χ1v) is 5.57. The van der Waals surface area contributed by atoms with Gasteiger partial charge in [0.05, 0.1) is 5.88 Å². The van der Waals surface area contributed by atoms with Gasteiger partial charge in [-0.1, -0.05) is 17.7 Å².